The average Bonchev–Trinajstić information content (AvgIpc) is 2.52. The van der Waals surface area contributed by atoms with E-state index in [4.69, 9.17) is 4.74 Å². The maximum Gasteiger partial charge on any atom is 0.187 e. The maximum absolute atomic E-state index is 12.1. The molecule has 0 fully saturated rings. The summed E-state index contributed by atoms with van der Waals surface area (Å²) in [6, 6.07) is 13.3. The fourth-order valence-electron chi connectivity index (χ4n) is 2.02. The van der Waals surface area contributed by atoms with Gasteiger partial charge in [-0.05, 0) is 62.2 Å². The summed E-state index contributed by atoms with van der Waals surface area (Å²) in [5.41, 5.74) is 3.92. The zero-order chi connectivity index (χ0) is 15.9. The lowest BCUT2D eigenvalue weighted by Crippen LogP contribution is -1.98. The monoisotopic (exact) mass is 295 g/mol. The molecular formula is C19H21NO2. The first-order valence-electron chi connectivity index (χ1n) is 7.37. The van der Waals surface area contributed by atoms with Gasteiger partial charge in [0.2, 0.25) is 0 Å². The molecule has 0 atom stereocenters. The van der Waals surface area contributed by atoms with Crippen molar-refractivity contribution < 1.29 is 9.53 Å². The Hall–Kier alpha value is -2.55. The predicted molar refractivity (Wildman–Crippen MR) is 90.6 cm³/mol. The molecule has 2 aromatic carbocycles. The number of anilines is 1. The second-order valence-corrected chi connectivity index (χ2v) is 5.10. The van der Waals surface area contributed by atoms with E-state index in [-0.39, 0.29) is 5.78 Å². The second kappa shape index (κ2) is 7.46. The molecule has 3 heteroatoms. The van der Waals surface area contributed by atoms with Gasteiger partial charge in [0.25, 0.3) is 0 Å². The van der Waals surface area contributed by atoms with Crippen LogP contribution in [0.5, 0.6) is 5.75 Å². The molecule has 0 aliphatic rings. The van der Waals surface area contributed by atoms with E-state index in [0.29, 0.717) is 12.2 Å². The molecule has 3 nitrogen and oxygen atoms in total. The lowest BCUT2D eigenvalue weighted by Gasteiger charge is -2.05. The van der Waals surface area contributed by atoms with E-state index in [1.165, 1.54) is 5.56 Å². The number of carbonyl (C=O) groups is 1. The number of ketones is 1. The highest BCUT2D eigenvalue weighted by atomic mass is 16.5. The minimum Gasteiger partial charge on any atom is -0.494 e. The normalized spacial score (nSPS) is 10.7. The molecule has 114 valence electrons. The number of carbonyl (C=O) groups excluding carboxylic acids is 1. The third kappa shape index (κ3) is 4.22. The fraction of sp³-hybridized carbons (Fsp3) is 0.211. The molecule has 2 rings (SSSR count). The van der Waals surface area contributed by atoms with Crippen molar-refractivity contribution in [2.75, 3.05) is 11.9 Å². The van der Waals surface area contributed by atoms with E-state index in [1.54, 1.807) is 12.3 Å². The molecule has 0 bridgehead atoms. The Morgan fingerprint density at radius 1 is 1.09 bits per heavy atom. The summed E-state index contributed by atoms with van der Waals surface area (Å²) in [4.78, 5) is 12.1. The summed E-state index contributed by atoms with van der Waals surface area (Å²) < 4.78 is 5.38. The molecule has 0 heterocycles. The largest absolute Gasteiger partial charge is 0.494 e. The Balaban J connectivity index is 1.96. The van der Waals surface area contributed by atoms with Crippen LogP contribution in [0.3, 0.4) is 0 Å². The Bertz CT molecular complexity index is 672. The summed E-state index contributed by atoms with van der Waals surface area (Å²) in [5, 5.41) is 3.08. The first kappa shape index (κ1) is 15.8. The van der Waals surface area contributed by atoms with Gasteiger partial charge in [0.05, 0.1) is 6.61 Å². The topological polar surface area (TPSA) is 38.3 Å². The van der Waals surface area contributed by atoms with Crippen molar-refractivity contribution in [3.05, 3.63) is 71.4 Å². The van der Waals surface area contributed by atoms with E-state index in [1.807, 2.05) is 63.2 Å². The van der Waals surface area contributed by atoms with Crippen molar-refractivity contribution in [3.8, 4) is 5.75 Å². The van der Waals surface area contributed by atoms with Crippen molar-refractivity contribution in [2.24, 2.45) is 0 Å². The van der Waals surface area contributed by atoms with Crippen LogP contribution in [-0.4, -0.2) is 12.4 Å². The number of ether oxygens (including phenoxy) is 1. The molecule has 2 aromatic rings. The molecule has 0 amide bonds. The van der Waals surface area contributed by atoms with E-state index >= 15 is 0 Å². The van der Waals surface area contributed by atoms with Crippen LogP contribution in [0, 0.1) is 13.8 Å². The molecule has 0 saturated heterocycles. The van der Waals surface area contributed by atoms with Gasteiger partial charge in [0, 0.05) is 23.5 Å². The van der Waals surface area contributed by atoms with Crippen LogP contribution < -0.4 is 10.1 Å². The van der Waals surface area contributed by atoms with Crippen LogP contribution >= 0.6 is 0 Å². The number of hydrogen-bond donors (Lipinski definition) is 1. The third-order valence-electron chi connectivity index (χ3n) is 3.44. The van der Waals surface area contributed by atoms with E-state index in [9.17, 15) is 4.79 Å². The zero-order valence-corrected chi connectivity index (χ0v) is 13.2. The first-order valence-corrected chi connectivity index (χ1v) is 7.37. The standard InChI is InChI=1S/C19H21NO2/c1-4-22-18-9-7-17(8-10-18)20-12-11-19(21)16-6-5-14(2)15(3)13-16/h5-13,20H,4H2,1-3H3/b12-11+. The quantitative estimate of drug-likeness (QED) is 0.629. The maximum atomic E-state index is 12.1. The molecule has 0 spiro atoms. The molecule has 1 N–H and O–H groups in total. The molecule has 0 radical (unpaired) electrons. The summed E-state index contributed by atoms with van der Waals surface area (Å²) in [5.74, 6) is 0.824. The van der Waals surface area contributed by atoms with Gasteiger partial charge in [0.15, 0.2) is 5.78 Å². The Kier molecular flexibility index (Phi) is 5.37. The van der Waals surface area contributed by atoms with Gasteiger partial charge in [-0.1, -0.05) is 12.1 Å². The lowest BCUT2D eigenvalue weighted by molar-refractivity contribution is 0.104. The highest BCUT2D eigenvalue weighted by Gasteiger charge is 2.03. The van der Waals surface area contributed by atoms with Gasteiger partial charge in [-0.3, -0.25) is 4.79 Å². The minimum atomic E-state index is -0.0125. The number of aryl methyl sites for hydroxylation is 2. The summed E-state index contributed by atoms with van der Waals surface area (Å²) in [6.45, 7) is 6.64. The van der Waals surface area contributed by atoms with Crippen molar-refractivity contribution >= 4 is 11.5 Å². The van der Waals surface area contributed by atoms with Crippen LogP contribution in [0.15, 0.2) is 54.7 Å². The highest BCUT2D eigenvalue weighted by molar-refractivity contribution is 6.04. The third-order valence-corrected chi connectivity index (χ3v) is 3.44. The van der Waals surface area contributed by atoms with Crippen LogP contribution in [0.4, 0.5) is 5.69 Å². The van der Waals surface area contributed by atoms with Gasteiger partial charge in [-0.2, -0.15) is 0 Å². The molecule has 0 aliphatic heterocycles. The van der Waals surface area contributed by atoms with E-state index < -0.39 is 0 Å². The summed E-state index contributed by atoms with van der Waals surface area (Å²) in [6.07, 6.45) is 3.20. The number of nitrogens with one attached hydrogen (secondary N) is 1. The fourth-order valence-corrected chi connectivity index (χ4v) is 2.02. The Morgan fingerprint density at radius 3 is 2.45 bits per heavy atom. The number of rotatable bonds is 6. The average molecular weight is 295 g/mol. The van der Waals surface area contributed by atoms with Crippen molar-refractivity contribution in [3.63, 3.8) is 0 Å². The number of hydrogen-bond acceptors (Lipinski definition) is 3. The van der Waals surface area contributed by atoms with Gasteiger partial charge < -0.3 is 10.1 Å². The van der Waals surface area contributed by atoms with Crippen molar-refractivity contribution in [2.45, 2.75) is 20.8 Å². The zero-order valence-electron chi connectivity index (χ0n) is 13.2. The lowest BCUT2D eigenvalue weighted by atomic mass is 10.0. The van der Waals surface area contributed by atoms with Crippen molar-refractivity contribution in [1.82, 2.24) is 0 Å². The Morgan fingerprint density at radius 2 is 1.82 bits per heavy atom. The number of allylic oxidation sites excluding steroid dienone is 1. The number of benzene rings is 2. The smallest absolute Gasteiger partial charge is 0.187 e. The van der Waals surface area contributed by atoms with E-state index in [2.05, 4.69) is 5.32 Å². The van der Waals surface area contributed by atoms with Gasteiger partial charge >= 0.3 is 0 Å². The van der Waals surface area contributed by atoms with Gasteiger partial charge in [-0.25, -0.2) is 0 Å². The van der Waals surface area contributed by atoms with Crippen molar-refractivity contribution in [1.29, 1.82) is 0 Å². The minimum absolute atomic E-state index is 0.0125. The molecule has 0 aromatic heterocycles. The molecule has 22 heavy (non-hydrogen) atoms. The predicted octanol–water partition coefficient (Wildman–Crippen LogP) is 4.51. The molecule has 0 aliphatic carbocycles. The highest BCUT2D eigenvalue weighted by Crippen LogP contribution is 2.16. The summed E-state index contributed by atoms with van der Waals surface area (Å²) >= 11 is 0. The van der Waals surface area contributed by atoms with Crippen LogP contribution in [0.2, 0.25) is 0 Å². The molecular weight excluding hydrogens is 274 g/mol. The Labute approximate surface area is 131 Å². The SMILES string of the molecule is CCOc1ccc(N/C=C/C(=O)c2ccc(C)c(C)c2)cc1. The van der Waals surface area contributed by atoms with Gasteiger partial charge in [-0.15, -0.1) is 0 Å². The molecule has 0 saturated carbocycles. The van der Waals surface area contributed by atoms with Crippen LogP contribution in [0.25, 0.3) is 0 Å². The first-order chi connectivity index (χ1) is 10.6. The van der Waals surface area contributed by atoms with Crippen LogP contribution in [-0.2, 0) is 0 Å². The van der Waals surface area contributed by atoms with Crippen LogP contribution in [0.1, 0.15) is 28.4 Å². The second-order valence-electron chi connectivity index (χ2n) is 5.10. The summed E-state index contributed by atoms with van der Waals surface area (Å²) in [7, 11) is 0. The van der Waals surface area contributed by atoms with Gasteiger partial charge in [0.1, 0.15) is 5.75 Å². The van der Waals surface area contributed by atoms with E-state index in [0.717, 1.165) is 17.0 Å². The molecule has 0 unspecified atom stereocenters.